The molecule has 6 heteroatoms. The number of nitrogens with one attached hydrogen (secondary N) is 1. The lowest BCUT2D eigenvalue weighted by Crippen LogP contribution is -2.19. The lowest BCUT2D eigenvalue weighted by atomic mass is 10.2. The Bertz CT molecular complexity index is 546. The summed E-state index contributed by atoms with van der Waals surface area (Å²) in [5, 5.41) is 16.2. The first kappa shape index (κ1) is 13.5. The van der Waals surface area contributed by atoms with E-state index in [1.807, 2.05) is 13.1 Å². The van der Waals surface area contributed by atoms with Gasteiger partial charge in [-0.05, 0) is 30.2 Å². The SMILES string of the molecule is Cc1cnn(CCNCc2cc(F)c(O)c(F)c2)c1. The molecule has 0 unspecified atom stereocenters. The number of benzene rings is 1. The van der Waals surface area contributed by atoms with Gasteiger partial charge in [-0.2, -0.15) is 5.10 Å². The summed E-state index contributed by atoms with van der Waals surface area (Å²) in [5.74, 6) is -2.82. The molecule has 0 aliphatic heterocycles. The Balaban J connectivity index is 1.83. The highest BCUT2D eigenvalue weighted by Crippen LogP contribution is 2.21. The van der Waals surface area contributed by atoms with Gasteiger partial charge in [0.25, 0.3) is 0 Å². The summed E-state index contributed by atoms with van der Waals surface area (Å²) in [5.41, 5.74) is 1.53. The van der Waals surface area contributed by atoms with Crippen molar-refractivity contribution in [2.45, 2.75) is 20.0 Å². The van der Waals surface area contributed by atoms with Crippen molar-refractivity contribution >= 4 is 0 Å². The fourth-order valence-electron chi connectivity index (χ4n) is 1.74. The predicted octanol–water partition coefficient (Wildman–Crippen LogP) is 1.97. The van der Waals surface area contributed by atoms with E-state index in [1.165, 1.54) is 0 Å². The zero-order valence-corrected chi connectivity index (χ0v) is 10.5. The monoisotopic (exact) mass is 267 g/mol. The number of aromatic hydroxyl groups is 1. The van der Waals surface area contributed by atoms with Crippen LogP contribution in [0.5, 0.6) is 5.75 Å². The van der Waals surface area contributed by atoms with Crippen molar-refractivity contribution in [3.63, 3.8) is 0 Å². The van der Waals surface area contributed by atoms with Crippen molar-refractivity contribution in [2.24, 2.45) is 0 Å². The van der Waals surface area contributed by atoms with E-state index in [2.05, 4.69) is 10.4 Å². The van der Waals surface area contributed by atoms with Crippen LogP contribution in [0.3, 0.4) is 0 Å². The predicted molar refractivity (Wildman–Crippen MR) is 66.7 cm³/mol. The van der Waals surface area contributed by atoms with Gasteiger partial charge >= 0.3 is 0 Å². The lowest BCUT2D eigenvalue weighted by molar-refractivity contribution is 0.395. The van der Waals surface area contributed by atoms with Crippen molar-refractivity contribution in [1.29, 1.82) is 0 Å². The average Bonchev–Trinajstić information content (AvgIpc) is 2.77. The van der Waals surface area contributed by atoms with Crippen LogP contribution in [0.1, 0.15) is 11.1 Å². The maximum absolute atomic E-state index is 13.1. The number of aromatic nitrogens is 2. The van der Waals surface area contributed by atoms with E-state index in [9.17, 15) is 8.78 Å². The van der Waals surface area contributed by atoms with Crippen molar-refractivity contribution < 1.29 is 13.9 Å². The molecule has 2 N–H and O–H groups in total. The lowest BCUT2D eigenvalue weighted by Gasteiger charge is -2.06. The molecule has 0 fully saturated rings. The Morgan fingerprint density at radius 1 is 1.32 bits per heavy atom. The Morgan fingerprint density at radius 3 is 2.58 bits per heavy atom. The van der Waals surface area contributed by atoms with E-state index >= 15 is 0 Å². The number of aryl methyl sites for hydroxylation is 1. The molecule has 0 aliphatic carbocycles. The maximum atomic E-state index is 13.1. The van der Waals surface area contributed by atoms with Gasteiger partial charge in [0.1, 0.15) is 0 Å². The third-order valence-electron chi connectivity index (χ3n) is 2.69. The van der Waals surface area contributed by atoms with Crippen molar-refractivity contribution in [3.8, 4) is 5.75 Å². The molecule has 0 spiro atoms. The molecule has 4 nitrogen and oxygen atoms in total. The van der Waals surface area contributed by atoms with Crippen LogP contribution in [0.25, 0.3) is 0 Å². The fraction of sp³-hybridized carbons (Fsp3) is 0.308. The van der Waals surface area contributed by atoms with Crippen LogP contribution in [0.4, 0.5) is 8.78 Å². The number of nitrogens with zero attached hydrogens (tertiary/aromatic N) is 2. The molecule has 0 atom stereocenters. The van der Waals surface area contributed by atoms with E-state index < -0.39 is 17.4 Å². The van der Waals surface area contributed by atoms with Gasteiger partial charge in [0.15, 0.2) is 17.4 Å². The molecule has 0 bridgehead atoms. The summed E-state index contributed by atoms with van der Waals surface area (Å²) in [7, 11) is 0. The van der Waals surface area contributed by atoms with Crippen molar-refractivity contribution in [3.05, 3.63) is 47.3 Å². The van der Waals surface area contributed by atoms with Crippen molar-refractivity contribution in [1.82, 2.24) is 15.1 Å². The second-order valence-electron chi connectivity index (χ2n) is 4.37. The van der Waals surface area contributed by atoms with Crippen LogP contribution < -0.4 is 5.32 Å². The molecule has 102 valence electrons. The summed E-state index contributed by atoms with van der Waals surface area (Å²) in [6.45, 7) is 3.59. The van der Waals surface area contributed by atoms with E-state index in [1.54, 1.807) is 10.9 Å². The molecule has 2 rings (SSSR count). The van der Waals surface area contributed by atoms with Gasteiger partial charge in [-0.25, -0.2) is 8.78 Å². The normalized spacial score (nSPS) is 10.9. The molecular weight excluding hydrogens is 252 g/mol. The van der Waals surface area contributed by atoms with Crippen molar-refractivity contribution in [2.75, 3.05) is 6.54 Å². The number of phenolic OH excluding ortho intramolecular Hbond substituents is 1. The molecule has 1 heterocycles. The third-order valence-corrected chi connectivity index (χ3v) is 2.69. The maximum Gasteiger partial charge on any atom is 0.187 e. The van der Waals surface area contributed by atoms with Crippen LogP contribution in [0.15, 0.2) is 24.5 Å². The zero-order chi connectivity index (χ0) is 13.8. The third kappa shape index (κ3) is 3.51. The standard InChI is InChI=1S/C13H15F2N3O/c1-9-6-17-18(8-9)3-2-16-7-10-4-11(14)13(19)12(15)5-10/h4-6,8,16,19H,2-3,7H2,1H3. The van der Waals surface area contributed by atoms with Gasteiger partial charge in [0, 0.05) is 19.3 Å². The topological polar surface area (TPSA) is 50.1 Å². The van der Waals surface area contributed by atoms with Crippen LogP contribution in [0.2, 0.25) is 0 Å². The molecule has 1 aromatic carbocycles. The number of hydrogen-bond donors (Lipinski definition) is 2. The smallest absolute Gasteiger partial charge is 0.187 e. The quantitative estimate of drug-likeness (QED) is 0.814. The Hall–Kier alpha value is -1.95. The minimum absolute atomic E-state index is 0.328. The summed E-state index contributed by atoms with van der Waals surface area (Å²) < 4.78 is 28.0. The molecule has 19 heavy (non-hydrogen) atoms. The average molecular weight is 267 g/mol. The van der Waals surface area contributed by atoms with Crippen LogP contribution in [0, 0.1) is 18.6 Å². The van der Waals surface area contributed by atoms with E-state index in [0.717, 1.165) is 17.7 Å². The second-order valence-corrected chi connectivity index (χ2v) is 4.37. The summed E-state index contributed by atoms with van der Waals surface area (Å²) in [4.78, 5) is 0. The second kappa shape index (κ2) is 5.79. The largest absolute Gasteiger partial charge is 0.503 e. The molecule has 1 aromatic heterocycles. The number of hydrogen-bond acceptors (Lipinski definition) is 3. The first-order valence-electron chi connectivity index (χ1n) is 5.93. The van der Waals surface area contributed by atoms with E-state index in [0.29, 0.717) is 25.2 Å². The minimum Gasteiger partial charge on any atom is -0.503 e. The molecule has 0 amide bonds. The van der Waals surface area contributed by atoms with Gasteiger partial charge in [0.2, 0.25) is 0 Å². The Kier molecular flexibility index (Phi) is 4.11. The van der Waals surface area contributed by atoms with Crippen LogP contribution in [-0.2, 0) is 13.1 Å². The number of rotatable bonds is 5. The molecule has 0 aliphatic rings. The number of halogens is 2. The summed E-state index contributed by atoms with van der Waals surface area (Å²) in [6.07, 6.45) is 3.69. The summed E-state index contributed by atoms with van der Waals surface area (Å²) >= 11 is 0. The van der Waals surface area contributed by atoms with Crippen LogP contribution >= 0.6 is 0 Å². The Morgan fingerprint density at radius 2 is 2.00 bits per heavy atom. The summed E-state index contributed by atoms with van der Waals surface area (Å²) in [6, 6.07) is 2.23. The first-order valence-corrected chi connectivity index (χ1v) is 5.93. The van der Waals surface area contributed by atoms with Gasteiger partial charge in [0.05, 0.1) is 12.7 Å². The molecule has 0 saturated carbocycles. The zero-order valence-electron chi connectivity index (χ0n) is 10.5. The van der Waals surface area contributed by atoms with E-state index in [-0.39, 0.29) is 0 Å². The van der Waals surface area contributed by atoms with Gasteiger partial charge < -0.3 is 10.4 Å². The highest BCUT2D eigenvalue weighted by Gasteiger charge is 2.08. The fourth-order valence-corrected chi connectivity index (χ4v) is 1.74. The van der Waals surface area contributed by atoms with Gasteiger partial charge in [-0.15, -0.1) is 0 Å². The molecule has 2 aromatic rings. The van der Waals surface area contributed by atoms with E-state index in [4.69, 9.17) is 5.11 Å². The molecule has 0 radical (unpaired) electrons. The molecular formula is C13H15F2N3O. The minimum atomic E-state index is -0.945. The first-order chi connectivity index (χ1) is 9.06. The Labute approximate surface area is 109 Å². The number of phenols is 1. The molecule has 0 saturated heterocycles. The van der Waals surface area contributed by atoms with Crippen LogP contribution in [-0.4, -0.2) is 21.4 Å². The van der Waals surface area contributed by atoms with Gasteiger partial charge in [-0.3, -0.25) is 4.68 Å². The highest BCUT2D eigenvalue weighted by molar-refractivity contribution is 5.29. The van der Waals surface area contributed by atoms with Gasteiger partial charge in [-0.1, -0.05) is 0 Å². The highest BCUT2D eigenvalue weighted by atomic mass is 19.1.